The number of methoxy groups -OCH3 is 3. The van der Waals surface area contributed by atoms with Crippen molar-refractivity contribution in [1.82, 2.24) is 10.2 Å². The number of hydrogen-bond donors (Lipinski definition) is 1. The summed E-state index contributed by atoms with van der Waals surface area (Å²) in [6.07, 6.45) is 0.710. The van der Waals surface area contributed by atoms with E-state index in [1.54, 1.807) is 44.4 Å². The minimum atomic E-state index is -0.443. The molecule has 2 aliphatic heterocycles. The number of benzene rings is 2. The normalized spacial score (nSPS) is 18.6. The third-order valence-electron chi connectivity index (χ3n) is 6.22. The van der Waals surface area contributed by atoms with Gasteiger partial charge in [-0.1, -0.05) is 0 Å². The van der Waals surface area contributed by atoms with Gasteiger partial charge in [-0.3, -0.25) is 9.59 Å². The van der Waals surface area contributed by atoms with Crippen LogP contribution in [0.25, 0.3) is 0 Å². The van der Waals surface area contributed by atoms with E-state index >= 15 is 0 Å². The highest BCUT2D eigenvalue weighted by Crippen LogP contribution is 2.40. The van der Waals surface area contributed by atoms with Crippen molar-refractivity contribution < 1.29 is 33.3 Å². The van der Waals surface area contributed by atoms with Gasteiger partial charge in [0.25, 0.3) is 5.91 Å². The van der Waals surface area contributed by atoms with Crippen molar-refractivity contribution in [3.05, 3.63) is 47.5 Å². The number of likely N-dealkylation sites (tertiary alicyclic amines) is 1. The highest BCUT2D eigenvalue weighted by molar-refractivity contribution is 5.96. The van der Waals surface area contributed by atoms with Crippen LogP contribution < -0.4 is 24.3 Å². The molecule has 34 heavy (non-hydrogen) atoms. The molecule has 0 radical (unpaired) electrons. The molecule has 0 aromatic heterocycles. The van der Waals surface area contributed by atoms with Crippen molar-refractivity contribution in [2.75, 3.05) is 54.4 Å². The average molecular weight is 471 g/mol. The molecule has 2 aromatic rings. The minimum absolute atomic E-state index is 0.105. The molecule has 4 rings (SSSR count). The first-order valence-corrected chi connectivity index (χ1v) is 11.2. The molecule has 0 saturated carbocycles. The zero-order valence-corrected chi connectivity index (χ0v) is 19.7. The molecule has 2 heterocycles. The first kappa shape index (κ1) is 23.7. The number of hydrogen-bond acceptors (Lipinski definition) is 7. The molecule has 2 atom stereocenters. The maximum absolute atomic E-state index is 13.4. The molecular weight excluding hydrogens is 440 g/mol. The Kier molecular flexibility index (Phi) is 7.42. The first-order valence-electron chi connectivity index (χ1n) is 11.2. The standard InChI is InChI=1S/C25H30N2O7/c1-30-10-4-9-26-24(28)20-14-27(25(29)16-5-7-22-23(11-16)34-15-33-22)13-19(20)18-12-17(31-2)6-8-21(18)32-3/h5-8,11-12,19-20H,4,9-10,13-15H2,1-3H3,(H,26,28)/t19-,20-/m1/s1. The summed E-state index contributed by atoms with van der Waals surface area (Å²) in [5.74, 6) is 1.50. The Morgan fingerprint density at radius 1 is 1.03 bits per heavy atom. The molecule has 2 aliphatic rings. The molecule has 1 N–H and O–H groups in total. The van der Waals surface area contributed by atoms with Crippen LogP contribution in [-0.2, 0) is 9.53 Å². The largest absolute Gasteiger partial charge is 0.497 e. The Morgan fingerprint density at radius 2 is 1.85 bits per heavy atom. The summed E-state index contributed by atoms with van der Waals surface area (Å²) < 4.78 is 26.8. The number of carbonyl (C=O) groups excluding carboxylic acids is 2. The molecule has 0 spiro atoms. The van der Waals surface area contributed by atoms with Gasteiger partial charge in [0.1, 0.15) is 11.5 Å². The van der Waals surface area contributed by atoms with Crippen molar-refractivity contribution in [2.45, 2.75) is 12.3 Å². The summed E-state index contributed by atoms with van der Waals surface area (Å²) in [5, 5.41) is 2.99. The van der Waals surface area contributed by atoms with Gasteiger partial charge in [0, 0.05) is 50.4 Å². The fourth-order valence-electron chi connectivity index (χ4n) is 4.45. The van der Waals surface area contributed by atoms with Crippen molar-refractivity contribution >= 4 is 11.8 Å². The third kappa shape index (κ3) is 4.89. The molecule has 1 fully saturated rings. The predicted molar refractivity (Wildman–Crippen MR) is 124 cm³/mol. The van der Waals surface area contributed by atoms with Crippen LogP contribution in [0.4, 0.5) is 0 Å². The fourth-order valence-corrected chi connectivity index (χ4v) is 4.45. The van der Waals surface area contributed by atoms with E-state index in [-0.39, 0.29) is 31.1 Å². The van der Waals surface area contributed by atoms with Crippen LogP contribution in [0.15, 0.2) is 36.4 Å². The second-order valence-corrected chi connectivity index (χ2v) is 8.24. The van der Waals surface area contributed by atoms with E-state index < -0.39 is 5.92 Å². The number of fused-ring (bicyclic) bond motifs is 1. The summed E-state index contributed by atoms with van der Waals surface area (Å²) in [6.45, 7) is 1.86. The molecule has 0 bridgehead atoms. The maximum Gasteiger partial charge on any atom is 0.254 e. The molecule has 2 aromatic carbocycles. The van der Waals surface area contributed by atoms with E-state index in [9.17, 15) is 9.59 Å². The van der Waals surface area contributed by atoms with E-state index in [1.807, 2.05) is 18.2 Å². The highest BCUT2D eigenvalue weighted by atomic mass is 16.7. The Bertz CT molecular complexity index is 1040. The molecule has 1 saturated heterocycles. The molecular formula is C25H30N2O7. The van der Waals surface area contributed by atoms with Gasteiger partial charge in [-0.05, 0) is 42.8 Å². The van der Waals surface area contributed by atoms with E-state index in [0.29, 0.717) is 54.7 Å². The van der Waals surface area contributed by atoms with Crippen LogP contribution >= 0.6 is 0 Å². The zero-order valence-electron chi connectivity index (χ0n) is 19.7. The summed E-state index contributed by atoms with van der Waals surface area (Å²) in [6, 6.07) is 10.6. The number of nitrogens with one attached hydrogen (secondary N) is 1. The van der Waals surface area contributed by atoms with Gasteiger partial charge >= 0.3 is 0 Å². The van der Waals surface area contributed by atoms with Crippen LogP contribution in [0.2, 0.25) is 0 Å². The number of ether oxygens (including phenoxy) is 5. The smallest absolute Gasteiger partial charge is 0.254 e. The van der Waals surface area contributed by atoms with Crippen LogP contribution in [-0.4, -0.2) is 71.1 Å². The second kappa shape index (κ2) is 10.6. The lowest BCUT2D eigenvalue weighted by Gasteiger charge is -2.21. The zero-order chi connectivity index (χ0) is 24.1. The molecule has 9 nitrogen and oxygen atoms in total. The van der Waals surface area contributed by atoms with Crippen molar-refractivity contribution in [1.29, 1.82) is 0 Å². The third-order valence-corrected chi connectivity index (χ3v) is 6.22. The topological polar surface area (TPSA) is 95.6 Å². The maximum atomic E-state index is 13.4. The Labute approximate surface area is 198 Å². The van der Waals surface area contributed by atoms with Gasteiger partial charge in [0.15, 0.2) is 11.5 Å². The lowest BCUT2D eigenvalue weighted by Crippen LogP contribution is -2.36. The number of rotatable bonds is 9. The lowest BCUT2D eigenvalue weighted by molar-refractivity contribution is -0.125. The van der Waals surface area contributed by atoms with E-state index in [2.05, 4.69) is 5.32 Å². The molecule has 182 valence electrons. The lowest BCUT2D eigenvalue weighted by atomic mass is 9.87. The van der Waals surface area contributed by atoms with E-state index in [1.165, 1.54) is 0 Å². The number of nitrogens with zero attached hydrogens (tertiary/aromatic N) is 1. The summed E-state index contributed by atoms with van der Waals surface area (Å²) >= 11 is 0. The molecule has 2 amide bonds. The number of carbonyl (C=O) groups is 2. The first-order chi connectivity index (χ1) is 16.5. The van der Waals surface area contributed by atoms with Gasteiger partial charge in [-0.15, -0.1) is 0 Å². The average Bonchev–Trinajstić information content (AvgIpc) is 3.52. The van der Waals surface area contributed by atoms with Crippen molar-refractivity contribution in [2.24, 2.45) is 5.92 Å². The van der Waals surface area contributed by atoms with Gasteiger partial charge < -0.3 is 33.9 Å². The Morgan fingerprint density at radius 3 is 2.62 bits per heavy atom. The molecule has 0 unspecified atom stereocenters. The van der Waals surface area contributed by atoms with Crippen LogP contribution in [0.3, 0.4) is 0 Å². The quantitative estimate of drug-likeness (QED) is 0.563. The highest BCUT2D eigenvalue weighted by Gasteiger charge is 2.42. The van der Waals surface area contributed by atoms with Crippen molar-refractivity contribution in [3.63, 3.8) is 0 Å². The van der Waals surface area contributed by atoms with Gasteiger partial charge in [0.05, 0.1) is 20.1 Å². The SMILES string of the molecule is COCCCNC(=O)[C@@H]1CN(C(=O)c2ccc3c(c2)OCO3)C[C@@H]1c1cc(OC)ccc1OC. The fraction of sp³-hybridized carbons (Fsp3) is 0.440. The van der Waals surface area contributed by atoms with E-state index in [4.69, 9.17) is 23.7 Å². The number of amides is 2. The monoisotopic (exact) mass is 470 g/mol. The molecule has 9 heteroatoms. The van der Waals surface area contributed by atoms with Crippen LogP contribution in [0.1, 0.15) is 28.3 Å². The summed E-state index contributed by atoms with van der Waals surface area (Å²) in [7, 11) is 4.81. The van der Waals surface area contributed by atoms with Gasteiger partial charge in [-0.25, -0.2) is 0 Å². The van der Waals surface area contributed by atoms with Gasteiger partial charge in [-0.2, -0.15) is 0 Å². The van der Waals surface area contributed by atoms with E-state index in [0.717, 1.165) is 5.56 Å². The van der Waals surface area contributed by atoms with Crippen LogP contribution in [0, 0.1) is 5.92 Å². The van der Waals surface area contributed by atoms with Gasteiger partial charge in [0.2, 0.25) is 12.7 Å². The van der Waals surface area contributed by atoms with Crippen molar-refractivity contribution in [3.8, 4) is 23.0 Å². The predicted octanol–water partition coefficient (Wildman–Crippen LogP) is 2.44. The second-order valence-electron chi connectivity index (χ2n) is 8.24. The Balaban J connectivity index is 1.60. The summed E-state index contributed by atoms with van der Waals surface area (Å²) in [4.78, 5) is 28.3. The minimum Gasteiger partial charge on any atom is -0.497 e. The van der Waals surface area contributed by atoms with Crippen LogP contribution in [0.5, 0.6) is 23.0 Å². The molecule has 0 aliphatic carbocycles. The Hall–Kier alpha value is -3.46. The summed E-state index contributed by atoms with van der Waals surface area (Å²) in [5.41, 5.74) is 1.32.